The van der Waals surface area contributed by atoms with E-state index < -0.39 is 65.5 Å². The van der Waals surface area contributed by atoms with E-state index in [9.17, 15) is 45.8 Å². The lowest BCUT2D eigenvalue weighted by molar-refractivity contribution is -0.376. The molecule has 2 aliphatic heterocycles. The summed E-state index contributed by atoms with van der Waals surface area (Å²) in [4.78, 5) is 44.1. The quantitative estimate of drug-likeness (QED) is 0.262. The molecule has 264 valence electrons. The van der Waals surface area contributed by atoms with Crippen molar-refractivity contribution in [2.75, 3.05) is 24.5 Å². The summed E-state index contributed by atoms with van der Waals surface area (Å²) in [6.45, 7) is 10.2. The number of carbonyl (C=O) groups excluding carboxylic acids is 3. The second kappa shape index (κ2) is 13.1. The third kappa shape index (κ3) is 6.65. The molecule has 0 radical (unpaired) electrons. The van der Waals surface area contributed by atoms with Gasteiger partial charge in [-0.15, -0.1) is 0 Å². The largest absolute Gasteiger partial charge is 0.491 e. The minimum atomic E-state index is -6.01. The van der Waals surface area contributed by atoms with Crippen LogP contribution < -0.4 is 15.0 Å². The van der Waals surface area contributed by atoms with Gasteiger partial charge in [-0.05, 0) is 70.4 Å². The Hall–Kier alpha value is -4.01. The number of rotatable bonds is 9. The van der Waals surface area contributed by atoms with Crippen LogP contribution in [-0.2, 0) is 27.1 Å². The van der Waals surface area contributed by atoms with Crippen molar-refractivity contribution in [1.82, 2.24) is 15.1 Å². The third-order valence-electron chi connectivity index (χ3n) is 8.82. The van der Waals surface area contributed by atoms with Crippen LogP contribution in [0.1, 0.15) is 64.7 Å². The Morgan fingerprint density at radius 3 is 2.15 bits per heavy atom. The second-order valence-corrected chi connectivity index (χ2v) is 12.8. The highest BCUT2D eigenvalue weighted by Crippen LogP contribution is 2.50. The van der Waals surface area contributed by atoms with Gasteiger partial charge in [0.25, 0.3) is 11.5 Å². The van der Waals surface area contributed by atoms with Crippen molar-refractivity contribution < 1.29 is 50.6 Å². The molecule has 2 N–H and O–H groups in total. The van der Waals surface area contributed by atoms with E-state index in [2.05, 4.69) is 5.32 Å². The summed E-state index contributed by atoms with van der Waals surface area (Å²) in [5.74, 6) is -0.531. The van der Waals surface area contributed by atoms with Crippen LogP contribution in [0, 0.1) is 0 Å². The second-order valence-electron chi connectivity index (χ2n) is 12.8. The van der Waals surface area contributed by atoms with Gasteiger partial charge in [0.1, 0.15) is 17.8 Å². The number of nitrogens with one attached hydrogen (secondary N) is 1. The maximum atomic E-state index is 13.6. The van der Waals surface area contributed by atoms with Crippen LogP contribution in [0.25, 0.3) is 0 Å². The Bertz CT molecular complexity index is 1520. The van der Waals surface area contributed by atoms with E-state index in [-0.39, 0.29) is 31.2 Å². The number of urea groups is 1. The van der Waals surface area contributed by atoms with E-state index in [4.69, 9.17) is 4.74 Å². The van der Waals surface area contributed by atoms with Crippen LogP contribution in [0.5, 0.6) is 5.75 Å². The highest BCUT2D eigenvalue weighted by Gasteiger charge is 2.71. The molecule has 0 saturated carbocycles. The average Bonchev–Trinajstić information content (AvgIpc) is 3.20. The Kier molecular flexibility index (Phi) is 10.1. The number of halogens is 6. The first-order chi connectivity index (χ1) is 22.1. The van der Waals surface area contributed by atoms with Gasteiger partial charge in [0, 0.05) is 36.4 Å². The number of amides is 4. The maximum absolute atomic E-state index is 13.6. The van der Waals surface area contributed by atoms with E-state index in [0.29, 0.717) is 29.5 Å². The fourth-order valence-electron chi connectivity index (χ4n) is 6.26. The van der Waals surface area contributed by atoms with Crippen molar-refractivity contribution in [2.24, 2.45) is 0 Å². The monoisotopic (exact) mass is 686 g/mol. The number of hydrogen-bond acceptors (Lipinski definition) is 6. The van der Waals surface area contributed by atoms with Crippen molar-refractivity contribution in [3.05, 3.63) is 59.2 Å². The number of anilines is 1. The molecular weight excluding hydrogens is 646 g/mol. The first kappa shape index (κ1) is 36.8. The molecule has 4 rings (SSSR count). The minimum absolute atomic E-state index is 0.0604. The van der Waals surface area contributed by atoms with Crippen molar-refractivity contribution >= 4 is 23.5 Å². The number of carbonyl (C=O) groups is 3. The predicted molar refractivity (Wildman–Crippen MR) is 164 cm³/mol. The number of ether oxygens (including phenoxy) is 1. The Balaban J connectivity index is 1.52. The lowest BCUT2D eigenvalue weighted by atomic mass is 9.89. The molecule has 1 unspecified atom stereocenters. The van der Waals surface area contributed by atoms with Crippen LogP contribution in [0.3, 0.4) is 0 Å². The zero-order valence-corrected chi connectivity index (χ0v) is 27.5. The van der Waals surface area contributed by atoms with E-state index in [0.717, 1.165) is 17.0 Å². The molecule has 4 amide bonds. The molecule has 3 atom stereocenters. The number of nitrogens with zero attached hydrogens (tertiary/aromatic N) is 3. The number of piperazine rings is 1. The van der Waals surface area contributed by atoms with Crippen LogP contribution in [-0.4, -0.2) is 82.9 Å². The molecule has 0 bridgehead atoms. The smallest absolute Gasteiger partial charge is 0.430 e. The minimum Gasteiger partial charge on any atom is -0.491 e. The summed E-state index contributed by atoms with van der Waals surface area (Å²) in [7, 11) is 0. The number of aliphatic hydroxyl groups is 1. The van der Waals surface area contributed by atoms with Gasteiger partial charge in [0.15, 0.2) is 0 Å². The van der Waals surface area contributed by atoms with E-state index in [1.165, 1.54) is 4.90 Å². The fourth-order valence-corrected chi connectivity index (χ4v) is 6.26. The van der Waals surface area contributed by atoms with Gasteiger partial charge in [0.05, 0.1) is 6.10 Å². The van der Waals surface area contributed by atoms with Gasteiger partial charge in [-0.1, -0.05) is 37.6 Å². The summed E-state index contributed by atoms with van der Waals surface area (Å²) in [5.41, 5.74) is -6.73. The van der Waals surface area contributed by atoms with Gasteiger partial charge in [0.2, 0.25) is 5.91 Å². The Morgan fingerprint density at radius 2 is 1.60 bits per heavy atom. The topological polar surface area (TPSA) is 102 Å². The molecule has 0 aromatic heterocycles. The van der Waals surface area contributed by atoms with Gasteiger partial charge < -0.3 is 25.0 Å². The summed E-state index contributed by atoms with van der Waals surface area (Å²) in [6, 6.07) is 7.51. The maximum Gasteiger partial charge on any atom is 0.430 e. The molecule has 0 aliphatic carbocycles. The van der Waals surface area contributed by atoms with Crippen molar-refractivity contribution in [1.29, 1.82) is 0 Å². The highest BCUT2D eigenvalue weighted by molar-refractivity contribution is 6.09. The van der Waals surface area contributed by atoms with Crippen molar-refractivity contribution in [3.8, 4) is 5.75 Å². The molecule has 2 heterocycles. The van der Waals surface area contributed by atoms with Crippen LogP contribution >= 0.6 is 0 Å². The first-order valence-corrected chi connectivity index (χ1v) is 15.6. The van der Waals surface area contributed by atoms with Gasteiger partial charge >= 0.3 is 18.4 Å². The average molecular weight is 687 g/mol. The SMILES string of the molecule is CCCc1cc(C(O)(C(F)(F)F)C(F)(F)F)ccc1N1C[C@H](C)N(C(=O)CN2C(=O)N[C@](C)(c3ccc(OC(C)C)cc3)C2=O)CC1C. The normalized spacial score (nSPS) is 22.4. The molecule has 2 aromatic rings. The summed E-state index contributed by atoms with van der Waals surface area (Å²) >= 11 is 0. The zero-order valence-electron chi connectivity index (χ0n) is 27.5. The number of benzene rings is 2. The van der Waals surface area contributed by atoms with E-state index in [1.54, 1.807) is 56.9 Å². The zero-order chi connectivity index (χ0) is 36.0. The molecule has 2 fully saturated rings. The molecule has 2 aromatic carbocycles. The highest BCUT2D eigenvalue weighted by atomic mass is 19.4. The fraction of sp³-hybridized carbons (Fsp3) is 0.545. The number of hydrogen-bond donors (Lipinski definition) is 2. The Labute approximate surface area is 274 Å². The van der Waals surface area contributed by atoms with E-state index >= 15 is 0 Å². The van der Waals surface area contributed by atoms with Crippen LogP contribution in [0.15, 0.2) is 42.5 Å². The predicted octanol–water partition coefficient (Wildman–Crippen LogP) is 5.63. The first-order valence-electron chi connectivity index (χ1n) is 15.6. The molecule has 0 spiro atoms. The van der Waals surface area contributed by atoms with Gasteiger partial charge in [-0.25, -0.2) is 4.79 Å². The molecule has 15 heteroatoms. The number of alkyl halides is 6. The van der Waals surface area contributed by atoms with Crippen LogP contribution in [0.2, 0.25) is 0 Å². The van der Waals surface area contributed by atoms with Gasteiger partial charge in [-0.2, -0.15) is 26.3 Å². The van der Waals surface area contributed by atoms with Crippen molar-refractivity contribution in [2.45, 2.75) is 96.1 Å². The number of imide groups is 1. The third-order valence-corrected chi connectivity index (χ3v) is 8.82. The summed E-state index contributed by atoms with van der Waals surface area (Å²) in [6.07, 6.45) is -11.6. The Morgan fingerprint density at radius 1 is 1.00 bits per heavy atom. The lowest BCUT2D eigenvalue weighted by Crippen LogP contribution is -2.60. The molecule has 48 heavy (non-hydrogen) atoms. The molecule has 2 aliphatic rings. The standard InChI is InChI=1S/C33H40F6N4O5/c1-7-8-22-15-24(31(47,32(34,35)36)33(37,38)39)11-14-26(22)41-16-21(5)42(17-20(41)4)27(44)18-43-28(45)30(6,40-29(43)46)23-9-12-25(13-10-23)48-19(2)3/h9-15,19-21,47H,7-8,16-18H2,1-6H3,(H,40,46)/t20?,21-,30+/m0/s1. The molecule has 2 saturated heterocycles. The van der Waals surface area contributed by atoms with Gasteiger partial charge in [-0.3, -0.25) is 14.5 Å². The lowest BCUT2D eigenvalue weighted by Gasteiger charge is -2.46. The molecular formula is C33H40F6N4O5. The van der Waals surface area contributed by atoms with Crippen molar-refractivity contribution in [3.63, 3.8) is 0 Å². The molecule has 9 nitrogen and oxygen atoms in total. The summed E-state index contributed by atoms with van der Waals surface area (Å²) < 4.78 is 87.2. The number of aryl methyl sites for hydroxylation is 1. The van der Waals surface area contributed by atoms with Crippen LogP contribution in [0.4, 0.5) is 36.8 Å². The summed E-state index contributed by atoms with van der Waals surface area (Å²) in [5, 5.41) is 12.6. The van der Waals surface area contributed by atoms with E-state index in [1.807, 2.05) is 13.8 Å².